The van der Waals surface area contributed by atoms with Crippen molar-refractivity contribution in [2.45, 2.75) is 25.0 Å². The van der Waals surface area contributed by atoms with Crippen LogP contribution in [0.4, 0.5) is 0 Å². The third kappa shape index (κ3) is 5.83. The van der Waals surface area contributed by atoms with Gasteiger partial charge in [0.15, 0.2) is 0 Å². The van der Waals surface area contributed by atoms with Gasteiger partial charge in [0.05, 0.1) is 25.2 Å². The van der Waals surface area contributed by atoms with Crippen molar-refractivity contribution >= 4 is 5.91 Å². The van der Waals surface area contributed by atoms with Gasteiger partial charge in [0.2, 0.25) is 5.91 Å². The number of carbonyl (C=O) groups is 1. The van der Waals surface area contributed by atoms with Crippen molar-refractivity contribution in [1.29, 1.82) is 0 Å². The number of carbonyl (C=O) groups excluding carboxylic acids is 1. The molecule has 1 rings (SSSR count). The van der Waals surface area contributed by atoms with E-state index in [1.54, 1.807) is 0 Å². The van der Waals surface area contributed by atoms with E-state index in [4.69, 9.17) is 10.5 Å². The number of benzene rings is 1. The van der Waals surface area contributed by atoms with Crippen LogP contribution in [0.2, 0.25) is 0 Å². The highest BCUT2D eigenvalue weighted by atomic mass is 16.5. The summed E-state index contributed by atoms with van der Waals surface area (Å²) in [5, 5.41) is 12.1. The van der Waals surface area contributed by atoms with Crippen molar-refractivity contribution in [2.24, 2.45) is 5.73 Å². The highest BCUT2D eigenvalue weighted by Crippen LogP contribution is 2.04. The molecule has 0 saturated carbocycles. The molecule has 1 unspecified atom stereocenters. The van der Waals surface area contributed by atoms with E-state index in [-0.39, 0.29) is 31.1 Å². The van der Waals surface area contributed by atoms with Crippen LogP contribution in [0.3, 0.4) is 0 Å². The molecule has 0 radical (unpaired) electrons. The second-order valence-corrected chi connectivity index (χ2v) is 4.43. The normalized spacial score (nSPS) is 13.8. The summed E-state index contributed by atoms with van der Waals surface area (Å²) in [6, 6.07) is 9.44. The number of methoxy groups -OCH3 is 1. The number of hydrogen-bond acceptors (Lipinski definition) is 4. The van der Waals surface area contributed by atoms with Crippen molar-refractivity contribution in [3.05, 3.63) is 35.9 Å². The Morgan fingerprint density at radius 3 is 2.63 bits per heavy atom. The van der Waals surface area contributed by atoms with Crippen LogP contribution in [-0.2, 0) is 16.0 Å². The van der Waals surface area contributed by atoms with Gasteiger partial charge in [-0.05, 0) is 12.0 Å². The second kappa shape index (κ2) is 8.63. The summed E-state index contributed by atoms with van der Waals surface area (Å²) in [4.78, 5) is 11.8. The van der Waals surface area contributed by atoms with Gasteiger partial charge in [-0.1, -0.05) is 30.3 Å². The van der Waals surface area contributed by atoms with E-state index < -0.39 is 0 Å². The van der Waals surface area contributed by atoms with E-state index in [2.05, 4.69) is 5.32 Å². The van der Waals surface area contributed by atoms with Gasteiger partial charge in [-0.3, -0.25) is 4.79 Å². The predicted molar refractivity (Wildman–Crippen MR) is 73.6 cm³/mol. The summed E-state index contributed by atoms with van der Waals surface area (Å²) in [5.41, 5.74) is 6.54. The predicted octanol–water partition coefficient (Wildman–Crippen LogP) is 0.0700. The molecule has 19 heavy (non-hydrogen) atoms. The van der Waals surface area contributed by atoms with Gasteiger partial charge in [0.25, 0.3) is 0 Å². The van der Waals surface area contributed by atoms with Crippen LogP contribution in [0.5, 0.6) is 0 Å². The second-order valence-electron chi connectivity index (χ2n) is 4.43. The van der Waals surface area contributed by atoms with Gasteiger partial charge in [-0.25, -0.2) is 0 Å². The number of hydrogen-bond donors (Lipinski definition) is 3. The van der Waals surface area contributed by atoms with Gasteiger partial charge in [0, 0.05) is 13.7 Å². The average molecular weight is 266 g/mol. The average Bonchev–Trinajstić information content (AvgIpc) is 2.45. The Bertz CT molecular complexity index is 366. The fourth-order valence-corrected chi connectivity index (χ4v) is 1.82. The summed E-state index contributed by atoms with van der Waals surface area (Å²) in [6.45, 7) is 0.202. The Kier molecular flexibility index (Phi) is 7.10. The van der Waals surface area contributed by atoms with Crippen molar-refractivity contribution < 1.29 is 14.6 Å². The smallest absolute Gasteiger partial charge is 0.222 e. The molecule has 2 atom stereocenters. The SMILES string of the molecule is COC(CN)CC(=O)N[C@H](CO)Cc1ccccc1. The van der Waals surface area contributed by atoms with Crippen LogP contribution in [-0.4, -0.2) is 43.4 Å². The molecule has 0 spiro atoms. The fourth-order valence-electron chi connectivity index (χ4n) is 1.82. The molecular formula is C14H22N2O3. The molecule has 0 saturated heterocycles. The van der Waals surface area contributed by atoms with E-state index >= 15 is 0 Å². The van der Waals surface area contributed by atoms with Crippen LogP contribution < -0.4 is 11.1 Å². The number of aliphatic hydroxyl groups is 1. The third-order valence-electron chi connectivity index (χ3n) is 2.92. The third-order valence-corrected chi connectivity index (χ3v) is 2.92. The number of aliphatic hydroxyl groups excluding tert-OH is 1. The lowest BCUT2D eigenvalue weighted by Gasteiger charge is -2.18. The minimum absolute atomic E-state index is 0.0963. The van der Waals surface area contributed by atoms with Gasteiger partial charge < -0.3 is 20.9 Å². The topological polar surface area (TPSA) is 84.6 Å². The largest absolute Gasteiger partial charge is 0.394 e. The molecule has 0 aliphatic rings. The first kappa shape index (κ1) is 15.6. The van der Waals surface area contributed by atoms with Crippen molar-refractivity contribution in [3.63, 3.8) is 0 Å². The lowest BCUT2D eigenvalue weighted by atomic mass is 10.1. The molecule has 1 amide bonds. The maximum atomic E-state index is 11.8. The molecule has 5 nitrogen and oxygen atoms in total. The first-order valence-electron chi connectivity index (χ1n) is 6.36. The standard InChI is InChI=1S/C14H22N2O3/c1-19-13(9-15)8-14(18)16-12(10-17)7-11-5-3-2-4-6-11/h2-6,12-13,17H,7-10,15H2,1H3,(H,16,18)/t12-,13?/m0/s1. The monoisotopic (exact) mass is 266 g/mol. The number of rotatable bonds is 8. The van der Waals surface area contributed by atoms with Crippen LogP contribution >= 0.6 is 0 Å². The van der Waals surface area contributed by atoms with Crippen LogP contribution in [0.15, 0.2) is 30.3 Å². The number of nitrogens with one attached hydrogen (secondary N) is 1. The summed E-state index contributed by atoms with van der Waals surface area (Å²) in [6.07, 6.45) is 0.526. The zero-order valence-electron chi connectivity index (χ0n) is 11.2. The first-order chi connectivity index (χ1) is 9.19. The van der Waals surface area contributed by atoms with Crippen LogP contribution in [0.25, 0.3) is 0 Å². The van der Waals surface area contributed by atoms with Crippen LogP contribution in [0, 0.1) is 0 Å². The molecular weight excluding hydrogens is 244 g/mol. The lowest BCUT2D eigenvalue weighted by Crippen LogP contribution is -2.41. The van der Waals surface area contributed by atoms with Crippen molar-refractivity contribution in [1.82, 2.24) is 5.32 Å². The summed E-state index contributed by atoms with van der Waals surface area (Å²) in [7, 11) is 1.53. The molecule has 0 fully saturated rings. The highest BCUT2D eigenvalue weighted by Gasteiger charge is 2.15. The maximum absolute atomic E-state index is 11.8. The summed E-state index contributed by atoms with van der Waals surface area (Å²) in [5.74, 6) is -0.160. The van der Waals surface area contributed by atoms with Crippen LogP contribution in [0.1, 0.15) is 12.0 Å². The molecule has 0 bridgehead atoms. The molecule has 0 heterocycles. The Balaban J connectivity index is 2.46. The quantitative estimate of drug-likeness (QED) is 0.621. The minimum Gasteiger partial charge on any atom is -0.394 e. The molecule has 4 N–H and O–H groups in total. The lowest BCUT2D eigenvalue weighted by molar-refractivity contribution is -0.124. The molecule has 1 aromatic carbocycles. The molecule has 106 valence electrons. The van der Waals surface area contributed by atoms with E-state index in [1.165, 1.54) is 7.11 Å². The first-order valence-corrected chi connectivity index (χ1v) is 6.36. The van der Waals surface area contributed by atoms with Gasteiger partial charge in [0.1, 0.15) is 0 Å². The number of ether oxygens (including phenoxy) is 1. The zero-order valence-corrected chi connectivity index (χ0v) is 11.2. The van der Waals surface area contributed by atoms with E-state index in [1.807, 2.05) is 30.3 Å². The zero-order chi connectivity index (χ0) is 14.1. The molecule has 0 aliphatic carbocycles. The summed E-state index contributed by atoms with van der Waals surface area (Å²) < 4.78 is 5.06. The van der Waals surface area contributed by atoms with Crippen molar-refractivity contribution in [3.8, 4) is 0 Å². The van der Waals surface area contributed by atoms with E-state index in [0.29, 0.717) is 13.0 Å². The van der Waals surface area contributed by atoms with Gasteiger partial charge >= 0.3 is 0 Å². The Morgan fingerprint density at radius 1 is 1.42 bits per heavy atom. The molecule has 1 aromatic rings. The van der Waals surface area contributed by atoms with Crippen molar-refractivity contribution in [2.75, 3.05) is 20.3 Å². The van der Waals surface area contributed by atoms with E-state index in [0.717, 1.165) is 5.56 Å². The Labute approximate surface area is 113 Å². The Hall–Kier alpha value is -1.43. The molecule has 0 aromatic heterocycles. The minimum atomic E-state index is -0.287. The highest BCUT2D eigenvalue weighted by molar-refractivity contribution is 5.76. The van der Waals surface area contributed by atoms with Gasteiger partial charge in [-0.15, -0.1) is 0 Å². The fraction of sp³-hybridized carbons (Fsp3) is 0.500. The molecule has 5 heteroatoms. The summed E-state index contributed by atoms with van der Waals surface area (Å²) >= 11 is 0. The van der Waals surface area contributed by atoms with E-state index in [9.17, 15) is 9.90 Å². The number of nitrogens with two attached hydrogens (primary N) is 1. The Morgan fingerprint density at radius 2 is 2.11 bits per heavy atom. The van der Waals surface area contributed by atoms with Gasteiger partial charge in [-0.2, -0.15) is 0 Å². The molecule has 0 aliphatic heterocycles. The number of amides is 1. The maximum Gasteiger partial charge on any atom is 0.222 e.